The van der Waals surface area contributed by atoms with Crippen molar-refractivity contribution in [1.82, 2.24) is 0 Å². The van der Waals surface area contributed by atoms with Crippen LogP contribution in [0.25, 0.3) is 0 Å². The van der Waals surface area contributed by atoms with Gasteiger partial charge in [-0.25, -0.2) is 4.18 Å². The van der Waals surface area contributed by atoms with Crippen LogP contribution in [0, 0.1) is 0 Å². The largest absolute Gasteiger partial charge is 0.457 e. The van der Waals surface area contributed by atoms with Gasteiger partial charge in [-0.05, 0) is 89.9 Å². The molecule has 4 N–H and O–H groups in total. The standard InChI is InChI=1S/C53H90O12S/c1-3-5-7-9-11-13-15-17-19-20-21-22-23-24-25-26-27-29-31-33-35-37-39-41-43-61-45-47(46-62-53-51(57)52(65-66(58,59)60)50(56)48(44-54)64-53)63-49(55)42-40-38-36-34-32-30-28-18-16-14-12-10-8-6-4-2/h5,7,11-14,17-19,21-22,24-25,28,47-48,50-54,56-57H,3-4,6,8-10,15-16,20,23,26-27,29-46H2,1-2H3,(H,58,59,60)/b7-5-,13-11-,14-12-,19-17-,22-21-,25-24-,28-18-. The lowest BCUT2D eigenvalue weighted by atomic mass is 9.99. The van der Waals surface area contributed by atoms with Crippen molar-refractivity contribution in [2.75, 3.05) is 26.4 Å². The highest BCUT2D eigenvalue weighted by Gasteiger charge is 2.48. The van der Waals surface area contributed by atoms with Crippen molar-refractivity contribution in [3.8, 4) is 0 Å². The normalized spacial score (nSPS) is 20.2. The van der Waals surface area contributed by atoms with Gasteiger partial charge in [0.25, 0.3) is 0 Å². The smallest absolute Gasteiger partial charge is 0.397 e. The number of hydrogen-bond donors (Lipinski definition) is 4. The van der Waals surface area contributed by atoms with Crippen LogP contribution in [-0.4, -0.2) is 97.5 Å². The summed E-state index contributed by atoms with van der Waals surface area (Å²) in [6.07, 6.45) is 49.0. The molecule has 1 aliphatic heterocycles. The number of aliphatic hydroxyl groups is 3. The van der Waals surface area contributed by atoms with E-state index in [-0.39, 0.29) is 19.6 Å². The lowest BCUT2D eigenvalue weighted by Crippen LogP contribution is -2.60. The molecule has 0 aromatic carbocycles. The molecule has 6 atom stereocenters. The van der Waals surface area contributed by atoms with Gasteiger partial charge in [0.05, 0.1) is 19.8 Å². The first kappa shape index (κ1) is 61.3. The fourth-order valence-corrected chi connectivity index (χ4v) is 7.71. The van der Waals surface area contributed by atoms with Crippen molar-refractivity contribution in [2.45, 2.75) is 218 Å². The summed E-state index contributed by atoms with van der Waals surface area (Å²) in [7, 11) is -5.07. The lowest BCUT2D eigenvalue weighted by molar-refractivity contribution is -0.301. The van der Waals surface area contributed by atoms with Crippen LogP contribution in [0.1, 0.15) is 181 Å². The van der Waals surface area contributed by atoms with E-state index < -0.39 is 59.8 Å². The Labute approximate surface area is 400 Å². The van der Waals surface area contributed by atoms with Crippen LogP contribution < -0.4 is 0 Å². The molecule has 0 aromatic heterocycles. The van der Waals surface area contributed by atoms with E-state index >= 15 is 0 Å². The number of carbonyl (C=O) groups excluding carboxylic acids is 1. The summed E-state index contributed by atoms with van der Waals surface area (Å²) in [5.74, 6) is -0.419. The predicted molar refractivity (Wildman–Crippen MR) is 266 cm³/mol. The van der Waals surface area contributed by atoms with Crippen molar-refractivity contribution in [3.63, 3.8) is 0 Å². The zero-order chi connectivity index (χ0) is 48.2. The van der Waals surface area contributed by atoms with Crippen molar-refractivity contribution in [3.05, 3.63) is 85.1 Å². The molecule has 13 heteroatoms. The second kappa shape index (κ2) is 43.6. The predicted octanol–water partition coefficient (Wildman–Crippen LogP) is 11.6. The third-order valence-corrected chi connectivity index (χ3v) is 11.5. The number of ether oxygens (including phenoxy) is 4. The van der Waals surface area contributed by atoms with Crippen LogP contribution in [0.15, 0.2) is 85.1 Å². The first-order valence-corrected chi connectivity index (χ1v) is 26.7. The maximum absolute atomic E-state index is 12.9. The highest BCUT2D eigenvalue weighted by Crippen LogP contribution is 2.26. The Morgan fingerprint density at radius 2 is 1.05 bits per heavy atom. The van der Waals surface area contributed by atoms with Crippen molar-refractivity contribution >= 4 is 16.4 Å². The molecule has 0 radical (unpaired) electrons. The molecular formula is C53H90O12S. The molecule has 0 bridgehead atoms. The summed E-state index contributed by atoms with van der Waals surface area (Å²) in [4.78, 5) is 12.9. The van der Waals surface area contributed by atoms with Gasteiger partial charge in [-0.15, -0.1) is 0 Å². The van der Waals surface area contributed by atoms with Gasteiger partial charge in [0.15, 0.2) is 6.29 Å². The van der Waals surface area contributed by atoms with Gasteiger partial charge in [-0.2, -0.15) is 8.42 Å². The van der Waals surface area contributed by atoms with Crippen LogP contribution in [0.4, 0.5) is 0 Å². The third-order valence-electron chi connectivity index (χ3n) is 11.0. The van der Waals surface area contributed by atoms with Crippen LogP contribution in [0.3, 0.4) is 0 Å². The molecule has 0 aliphatic carbocycles. The van der Waals surface area contributed by atoms with Gasteiger partial charge in [0.1, 0.15) is 30.5 Å². The molecule has 6 unspecified atom stereocenters. The molecule has 1 fully saturated rings. The maximum atomic E-state index is 12.9. The van der Waals surface area contributed by atoms with Gasteiger partial charge >= 0.3 is 16.4 Å². The topological polar surface area (TPSA) is 178 Å². The Kier molecular flexibility index (Phi) is 40.4. The molecule has 0 amide bonds. The maximum Gasteiger partial charge on any atom is 0.397 e. The second-order valence-corrected chi connectivity index (χ2v) is 18.1. The number of aliphatic hydroxyl groups excluding tert-OH is 3. The Bertz CT molecular complexity index is 1470. The summed E-state index contributed by atoms with van der Waals surface area (Å²) in [6, 6.07) is 0. The summed E-state index contributed by atoms with van der Waals surface area (Å²) < 4.78 is 59.2. The summed E-state index contributed by atoms with van der Waals surface area (Å²) >= 11 is 0. The molecule has 1 aliphatic rings. The molecule has 66 heavy (non-hydrogen) atoms. The highest BCUT2D eigenvalue weighted by atomic mass is 32.3. The van der Waals surface area contributed by atoms with Crippen LogP contribution in [0.5, 0.6) is 0 Å². The number of carbonyl (C=O) groups is 1. The SMILES string of the molecule is CC/C=C\C/C=C\C/C=C\C/C=C\C/C=C\CCCCCCCCCCOCC(COC1OC(CO)C(O)C(OS(=O)(=O)O)C1O)OC(=O)CCCCCCC/C=C\C/C=C\CCCCC. The first-order valence-electron chi connectivity index (χ1n) is 25.3. The van der Waals surface area contributed by atoms with E-state index in [2.05, 4.69) is 103 Å². The molecule has 0 saturated carbocycles. The summed E-state index contributed by atoms with van der Waals surface area (Å²) in [5, 5.41) is 30.7. The Hall–Kier alpha value is -2.72. The molecule has 380 valence electrons. The fraction of sp³-hybridized carbons (Fsp3) is 0.717. The Balaban J connectivity index is 2.37. The van der Waals surface area contributed by atoms with Crippen LogP contribution in [-0.2, 0) is 38.3 Å². The van der Waals surface area contributed by atoms with Crippen molar-refractivity contribution in [1.29, 1.82) is 0 Å². The number of unbranched alkanes of at least 4 members (excludes halogenated alkanes) is 16. The Morgan fingerprint density at radius 1 is 0.591 bits per heavy atom. The average molecular weight is 951 g/mol. The monoisotopic (exact) mass is 951 g/mol. The van der Waals surface area contributed by atoms with Gasteiger partial charge in [0, 0.05) is 13.0 Å². The average Bonchev–Trinajstić information content (AvgIpc) is 3.29. The van der Waals surface area contributed by atoms with E-state index in [0.29, 0.717) is 13.0 Å². The minimum absolute atomic E-state index is 0.0195. The summed E-state index contributed by atoms with van der Waals surface area (Å²) in [5.41, 5.74) is 0. The molecule has 0 aromatic rings. The fourth-order valence-electron chi connectivity index (χ4n) is 7.20. The molecule has 1 saturated heterocycles. The highest BCUT2D eigenvalue weighted by molar-refractivity contribution is 7.80. The molecule has 1 heterocycles. The van der Waals surface area contributed by atoms with E-state index in [1.165, 1.54) is 51.4 Å². The van der Waals surface area contributed by atoms with Gasteiger partial charge in [0.2, 0.25) is 0 Å². The van der Waals surface area contributed by atoms with Gasteiger partial charge in [-0.1, -0.05) is 170 Å². The lowest BCUT2D eigenvalue weighted by Gasteiger charge is -2.41. The van der Waals surface area contributed by atoms with E-state index in [0.717, 1.165) is 103 Å². The summed E-state index contributed by atoms with van der Waals surface area (Å²) in [6.45, 7) is 3.80. The second-order valence-electron chi connectivity index (χ2n) is 17.0. The van der Waals surface area contributed by atoms with E-state index in [1.807, 2.05) is 0 Å². The minimum atomic E-state index is -5.07. The van der Waals surface area contributed by atoms with Crippen molar-refractivity contribution in [2.24, 2.45) is 0 Å². The number of rotatable bonds is 43. The first-order chi connectivity index (χ1) is 32.1. The number of allylic oxidation sites excluding steroid dienone is 14. The van der Waals surface area contributed by atoms with E-state index in [4.69, 9.17) is 18.9 Å². The molecular weight excluding hydrogens is 861 g/mol. The zero-order valence-electron chi connectivity index (χ0n) is 40.7. The third kappa shape index (κ3) is 36.3. The van der Waals surface area contributed by atoms with Gasteiger partial charge < -0.3 is 34.3 Å². The van der Waals surface area contributed by atoms with Gasteiger partial charge in [-0.3, -0.25) is 9.35 Å². The molecule has 0 spiro atoms. The van der Waals surface area contributed by atoms with E-state index in [1.54, 1.807) is 0 Å². The molecule has 12 nitrogen and oxygen atoms in total. The van der Waals surface area contributed by atoms with E-state index in [9.17, 15) is 33.1 Å². The zero-order valence-corrected chi connectivity index (χ0v) is 41.5. The number of esters is 1. The Morgan fingerprint density at radius 3 is 1.53 bits per heavy atom. The number of hydrogen-bond acceptors (Lipinski definition) is 11. The quantitative estimate of drug-likeness (QED) is 0.0197. The van der Waals surface area contributed by atoms with Crippen molar-refractivity contribution < 1.29 is 56.2 Å². The minimum Gasteiger partial charge on any atom is -0.457 e. The van der Waals surface area contributed by atoms with Crippen LogP contribution in [0.2, 0.25) is 0 Å². The molecule has 1 rings (SSSR count). The van der Waals surface area contributed by atoms with Crippen LogP contribution >= 0.6 is 0 Å².